The number of nitrogen functional groups attached to an aromatic ring is 1. The van der Waals surface area contributed by atoms with Crippen LogP contribution in [-0.4, -0.2) is 38.9 Å². The third kappa shape index (κ3) is 2.71. The van der Waals surface area contributed by atoms with E-state index in [0.29, 0.717) is 18.7 Å². The average Bonchev–Trinajstić information content (AvgIpc) is 2.88. The van der Waals surface area contributed by atoms with E-state index in [1.54, 1.807) is 12.1 Å². The Hall–Kier alpha value is -1.60. The monoisotopic (exact) mass is 284 g/mol. The van der Waals surface area contributed by atoms with Crippen molar-refractivity contribution in [2.75, 3.05) is 25.9 Å². The zero-order valence-corrected chi connectivity index (χ0v) is 11.4. The number of benzene rings is 1. The van der Waals surface area contributed by atoms with Gasteiger partial charge < -0.3 is 10.5 Å². The Kier molecular flexibility index (Phi) is 3.77. The van der Waals surface area contributed by atoms with Crippen LogP contribution in [0.15, 0.2) is 29.2 Å². The summed E-state index contributed by atoms with van der Waals surface area (Å²) in [5, 5.41) is 0. The molecule has 1 atom stereocenters. The van der Waals surface area contributed by atoms with E-state index in [4.69, 9.17) is 5.73 Å². The number of hydrogen-bond donors (Lipinski definition) is 1. The maximum Gasteiger partial charge on any atom is 0.310 e. The van der Waals surface area contributed by atoms with Crippen molar-refractivity contribution < 1.29 is 17.9 Å². The first-order valence-electron chi connectivity index (χ1n) is 5.88. The van der Waals surface area contributed by atoms with Crippen LogP contribution in [0.1, 0.15) is 6.42 Å². The van der Waals surface area contributed by atoms with Crippen LogP contribution in [-0.2, 0) is 19.6 Å². The molecule has 0 saturated carbocycles. The van der Waals surface area contributed by atoms with Crippen molar-refractivity contribution in [2.24, 2.45) is 5.92 Å². The van der Waals surface area contributed by atoms with Gasteiger partial charge in [0.25, 0.3) is 0 Å². The summed E-state index contributed by atoms with van der Waals surface area (Å²) in [6, 6.07) is 6.02. The molecule has 2 N–H and O–H groups in total. The molecule has 1 aliphatic heterocycles. The second-order valence-corrected chi connectivity index (χ2v) is 6.38. The average molecular weight is 284 g/mol. The van der Waals surface area contributed by atoms with Crippen LogP contribution in [0.3, 0.4) is 0 Å². The van der Waals surface area contributed by atoms with E-state index in [0.717, 1.165) is 0 Å². The molecule has 1 unspecified atom stereocenters. The van der Waals surface area contributed by atoms with Gasteiger partial charge in [0.15, 0.2) is 0 Å². The van der Waals surface area contributed by atoms with Gasteiger partial charge in [-0.2, -0.15) is 4.31 Å². The molecule has 1 fully saturated rings. The predicted molar refractivity (Wildman–Crippen MR) is 69.7 cm³/mol. The number of nitrogens with zero attached hydrogens (tertiary/aromatic N) is 1. The first-order valence-corrected chi connectivity index (χ1v) is 7.32. The second kappa shape index (κ2) is 5.18. The van der Waals surface area contributed by atoms with E-state index >= 15 is 0 Å². The Morgan fingerprint density at radius 1 is 1.37 bits per heavy atom. The quantitative estimate of drug-likeness (QED) is 0.643. The summed E-state index contributed by atoms with van der Waals surface area (Å²) in [6.07, 6.45) is 0.487. The van der Waals surface area contributed by atoms with Crippen molar-refractivity contribution in [3.63, 3.8) is 0 Å². The van der Waals surface area contributed by atoms with Crippen molar-refractivity contribution in [3.8, 4) is 0 Å². The van der Waals surface area contributed by atoms with E-state index in [1.807, 2.05) is 0 Å². The van der Waals surface area contributed by atoms with Gasteiger partial charge >= 0.3 is 5.97 Å². The third-order valence-electron chi connectivity index (χ3n) is 3.20. The largest absolute Gasteiger partial charge is 0.469 e. The summed E-state index contributed by atoms with van der Waals surface area (Å²) in [5.41, 5.74) is 6.04. The van der Waals surface area contributed by atoms with E-state index in [9.17, 15) is 13.2 Å². The Bertz CT molecular complexity index is 568. The summed E-state index contributed by atoms with van der Waals surface area (Å²) in [5.74, 6) is -0.747. The van der Waals surface area contributed by atoms with Crippen LogP contribution in [0.2, 0.25) is 0 Å². The molecule has 0 radical (unpaired) electrons. The van der Waals surface area contributed by atoms with E-state index in [-0.39, 0.29) is 23.3 Å². The fourth-order valence-electron chi connectivity index (χ4n) is 2.09. The van der Waals surface area contributed by atoms with E-state index in [2.05, 4.69) is 4.74 Å². The Labute approximate surface area is 112 Å². The van der Waals surface area contributed by atoms with Crippen LogP contribution < -0.4 is 5.73 Å². The first kappa shape index (κ1) is 13.8. The van der Waals surface area contributed by atoms with Crippen molar-refractivity contribution >= 4 is 21.7 Å². The Morgan fingerprint density at radius 2 is 2.00 bits per heavy atom. The van der Waals surface area contributed by atoms with Crippen LogP contribution in [0, 0.1) is 5.92 Å². The molecular formula is C12H16N2O4S. The number of ether oxygens (including phenoxy) is 1. The number of hydrogen-bond acceptors (Lipinski definition) is 5. The SMILES string of the molecule is COC(=O)C1CCN(S(=O)(=O)c2ccc(N)cc2)C1. The highest BCUT2D eigenvalue weighted by molar-refractivity contribution is 7.89. The van der Waals surface area contributed by atoms with Gasteiger partial charge in [0.2, 0.25) is 10.0 Å². The molecule has 1 heterocycles. The van der Waals surface area contributed by atoms with Gasteiger partial charge in [0.1, 0.15) is 0 Å². The smallest absolute Gasteiger partial charge is 0.310 e. The minimum Gasteiger partial charge on any atom is -0.469 e. The van der Waals surface area contributed by atoms with Gasteiger partial charge in [-0.3, -0.25) is 4.79 Å². The molecule has 0 amide bonds. The normalized spacial score (nSPS) is 20.4. The lowest BCUT2D eigenvalue weighted by Crippen LogP contribution is -2.30. The molecule has 0 spiro atoms. The molecular weight excluding hydrogens is 268 g/mol. The highest BCUT2D eigenvalue weighted by atomic mass is 32.2. The maximum absolute atomic E-state index is 12.3. The number of esters is 1. The number of carbonyl (C=O) groups excluding carboxylic acids is 1. The highest BCUT2D eigenvalue weighted by Gasteiger charge is 2.36. The molecule has 1 aromatic rings. The Morgan fingerprint density at radius 3 is 2.58 bits per heavy atom. The zero-order valence-electron chi connectivity index (χ0n) is 10.6. The number of anilines is 1. The highest BCUT2D eigenvalue weighted by Crippen LogP contribution is 2.25. The van der Waals surface area contributed by atoms with E-state index < -0.39 is 10.0 Å². The topological polar surface area (TPSA) is 89.7 Å². The summed E-state index contributed by atoms with van der Waals surface area (Å²) in [7, 11) is -2.26. The molecule has 1 aromatic carbocycles. The molecule has 1 saturated heterocycles. The lowest BCUT2D eigenvalue weighted by molar-refractivity contribution is -0.144. The standard InChI is InChI=1S/C12H16N2O4S/c1-18-12(15)9-6-7-14(8-9)19(16,17)11-4-2-10(13)3-5-11/h2-5,9H,6-8,13H2,1H3. The molecule has 2 rings (SSSR count). The van der Waals surface area contributed by atoms with Gasteiger partial charge in [0, 0.05) is 18.8 Å². The summed E-state index contributed by atoms with van der Waals surface area (Å²) >= 11 is 0. The van der Waals surface area contributed by atoms with Gasteiger partial charge in [-0.15, -0.1) is 0 Å². The van der Waals surface area contributed by atoms with Crippen molar-refractivity contribution in [1.29, 1.82) is 0 Å². The molecule has 7 heteroatoms. The van der Waals surface area contributed by atoms with Crippen LogP contribution in [0.25, 0.3) is 0 Å². The maximum atomic E-state index is 12.3. The van der Waals surface area contributed by atoms with Gasteiger partial charge in [-0.1, -0.05) is 0 Å². The molecule has 1 aliphatic rings. The molecule has 0 bridgehead atoms. The number of sulfonamides is 1. The summed E-state index contributed by atoms with van der Waals surface area (Å²) < 4.78 is 30.6. The van der Waals surface area contributed by atoms with Crippen LogP contribution in [0.4, 0.5) is 5.69 Å². The minimum absolute atomic E-state index is 0.166. The zero-order chi connectivity index (χ0) is 14.0. The lowest BCUT2D eigenvalue weighted by Gasteiger charge is -2.16. The van der Waals surface area contributed by atoms with Crippen LogP contribution in [0.5, 0.6) is 0 Å². The lowest BCUT2D eigenvalue weighted by atomic mass is 10.1. The van der Waals surface area contributed by atoms with Gasteiger partial charge in [-0.25, -0.2) is 8.42 Å². The Balaban J connectivity index is 2.18. The molecule has 0 aromatic heterocycles. The second-order valence-electron chi connectivity index (χ2n) is 4.44. The van der Waals surface area contributed by atoms with Gasteiger partial charge in [0.05, 0.1) is 17.9 Å². The number of rotatable bonds is 3. The fourth-order valence-corrected chi connectivity index (χ4v) is 3.59. The van der Waals surface area contributed by atoms with Crippen LogP contribution >= 0.6 is 0 Å². The molecule has 104 valence electrons. The summed E-state index contributed by atoms with van der Waals surface area (Å²) in [6.45, 7) is 0.492. The first-order chi connectivity index (χ1) is 8.95. The van der Waals surface area contributed by atoms with E-state index in [1.165, 1.54) is 23.5 Å². The number of nitrogens with two attached hydrogens (primary N) is 1. The molecule has 19 heavy (non-hydrogen) atoms. The van der Waals surface area contributed by atoms with Crippen molar-refractivity contribution in [3.05, 3.63) is 24.3 Å². The van der Waals surface area contributed by atoms with Crippen molar-refractivity contribution in [2.45, 2.75) is 11.3 Å². The minimum atomic E-state index is -3.56. The van der Waals surface area contributed by atoms with Crippen molar-refractivity contribution in [1.82, 2.24) is 4.31 Å². The number of carbonyl (C=O) groups is 1. The molecule has 6 nitrogen and oxygen atoms in total. The fraction of sp³-hybridized carbons (Fsp3) is 0.417. The third-order valence-corrected chi connectivity index (χ3v) is 5.08. The van der Waals surface area contributed by atoms with Gasteiger partial charge in [-0.05, 0) is 30.7 Å². The summed E-state index contributed by atoms with van der Waals surface area (Å²) in [4.78, 5) is 11.6. The molecule has 0 aliphatic carbocycles. The predicted octanol–water partition coefficient (Wildman–Crippen LogP) is 0.452. The number of methoxy groups -OCH3 is 1.